The molecule has 0 amide bonds. The molecule has 0 spiro atoms. The molecule has 0 aliphatic heterocycles. The second-order valence-corrected chi connectivity index (χ2v) is 1.53. The summed E-state index contributed by atoms with van der Waals surface area (Å²) in [6.07, 6.45) is 9.86. The fourth-order valence-electron chi connectivity index (χ4n) is 0.407. The Morgan fingerprint density at radius 3 is 2.38 bits per heavy atom. The van der Waals surface area contributed by atoms with Gasteiger partial charge in [0.2, 0.25) is 0 Å². The molecule has 0 atom stereocenters. The fourth-order valence-corrected chi connectivity index (χ4v) is 0.407. The summed E-state index contributed by atoms with van der Waals surface area (Å²) in [5.41, 5.74) is 0. The lowest BCUT2D eigenvalue weighted by molar-refractivity contribution is 1.06. The number of allylic oxidation sites excluding steroid dienone is 4. The largest absolute Gasteiger partial charge is 0.103 e. The maximum Gasteiger partial charge on any atom is -0.0313 e. The lowest BCUT2D eigenvalue weighted by atomic mass is 10.3. The summed E-state index contributed by atoms with van der Waals surface area (Å²) >= 11 is 0. The van der Waals surface area contributed by atoms with E-state index in [4.69, 9.17) is 0 Å². The Hall–Kier alpha value is -0.780. The van der Waals surface area contributed by atoms with Crippen molar-refractivity contribution in [2.45, 2.75) is 12.8 Å². The van der Waals surface area contributed by atoms with Gasteiger partial charge in [0.15, 0.2) is 0 Å². The van der Waals surface area contributed by atoms with E-state index in [9.17, 15) is 0 Å². The van der Waals surface area contributed by atoms with Gasteiger partial charge in [0.25, 0.3) is 0 Å². The molecule has 0 saturated carbocycles. The lowest BCUT2D eigenvalue weighted by Gasteiger charge is -1.79. The van der Waals surface area contributed by atoms with Gasteiger partial charge in [-0.05, 0) is 12.8 Å². The predicted molar refractivity (Wildman–Crippen MR) is 38.8 cm³/mol. The van der Waals surface area contributed by atoms with Crippen LogP contribution in [0.25, 0.3) is 0 Å². The van der Waals surface area contributed by atoms with E-state index in [1.54, 1.807) is 6.08 Å². The number of hydrogen-bond donors (Lipinski definition) is 0. The Balaban J connectivity index is 3.02. The van der Waals surface area contributed by atoms with Gasteiger partial charge in [-0.25, -0.2) is 0 Å². The maximum atomic E-state index is 3.60. The van der Waals surface area contributed by atoms with Crippen molar-refractivity contribution in [2.75, 3.05) is 0 Å². The van der Waals surface area contributed by atoms with Crippen LogP contribution in [-0.4, -0.2) is 0 Å². The zero-order valence-corrected chi connectivity index (χ0v) is 5.14. The van der Waals surface area contributed by atoms with Gasteiger partial charge in [-0.15, -0.1) is 6.58 Å². The Labute approximate surface area is 51.2 Å². The van der Waals surface area contributed by atoms with Gasteiger partial charge in [0, 0.05) is 0 Å². The summed E-state index contributed by atoms with van der Waals surface area (Å²) in [6.45, 7) is 7.14. The molecule has 0 bridgehead atoms. The molecule has 0 aromatic carbocycles. The maximum absolute atomic E-state index is 3.60. The number of hydrogen-bond acceptors (Lipinski definition) is 0. The van der Waals surface area contributed by atoms with Gasteiger partial charge in [-0.2, -0.15) is 0 Å². The lowest BCUT2D eigenvalue weighted by Crippen LogP contribution is -1.59. The van der Waals surface area contributed by atoms with Crippen molar-refractivity contribution >= 4 is 0 Å². The second-order valence-electron chi connectivity index (χ2n) is 1.53. The van der Waals surface area contributed by atoms with Crippen molar-refractivity contribution in [2.24, 2.45) is 0 Å². The first-order chi connectivity index (χ1) is 3.91. The third kappa shape index (κ3) is 5.22. The van der Waals surface area contributed by atoms with Gasteiger partial charge >= 0.3 is 0 Å². The number of unbranched alkanes of at least 4 members (excludes halogenated alkanes) is 1. The van der Waals surface area contributed by atoms with Crippen LogP contribution in [-0.2, 0) is 0 Å². The van der Waals surface area contributed by atoms with Crippen LogP contribution in [0.1, 0.15) is 12.8 Å². The Morgan fingerprint density at radius 2 is 1.88 bits per heavy atom. The molecule has 0 nitrogen and oxygen atoms in total. The first kappa shape index (κ1) is 7.22. The van der Waals surface area contributed by atoms with Crippen LogP contribution in [0.2, 0.25) is 0 Å². The molecule has 0 N–H and O–H groups in total. The molecule has 0 fully saturated rings. The monoisotopic (exact) mass is 108 g/mol. The van der Waals surface area contributed by atoms with Gasteiger partial charge in [-0.1, -0.05) is 30.9 Å². The SMILES string of the molecule is C=C/C=C\CCC=C. The smallest absolute Gasteiger partial charge is 0.0313 e. The molecule has 0 heteroatoms. The molecule has 0 radical (unpaired) electrons. The molecule has 0 unspecified atom stereocenters. The standard InChI is InChI=1S/C8H12/c1-3-5-7-8-6-4-2/h3-5,7H,1-2,6,8H2/b7-5-. The molecule has 0 aliphatic rings. The molecular weight excluding hydrogens is 96.1 g/mol. The van der Waals surface area contributed by atoms with Crippen molar-refractivity contribution in [3.8, 4) is 0 Å². The molecule has 0 aromatic heterocycles. The van der Waals surface area contributed by atoms with E-state index in [2.05, 4.69) is 19.2 Å². The van der Waals surface area contributed by atoms with Crippen LogP contribution < -0.4 is 0 Å². The summed E-state index contributed by atoms with van der Waals surface area (Å²) < 4.78 is 0. The van der Waals surface area contributed by atoms with Gasteiger partial charge in [-0.3, -0.25) is 0 Å². The summed E-state index contributed by atoms with van der Waals surface area (Å²) in [5.74, 6) is 0. The van der Waals surface area contributed by atoms with E-state index >= 15 is 0 Å². The normalized spacial score (nSPS) is 9.50. The van der Waals surface area contributed by atoms with Crippen molar-refractivity contribution in [3.05, 3.63) is 37.5 Å². The van der Waals surface area contributed by atoms with E-state index in [0.717, 1.165) is 12.8 Å². The predicted octanol–water partition coefficient (Wildman–Crippen LogP) is 2.69. The van der Waals surface area contributed by atoms with Crippen molar-refractivity contribution < 1.29 is 0 Å². The minimum absolute atomic E-state index is 1.06. The summed E-state index contributed by atoms with van der Waals surface area (Å²) in [7, 11) is 0. The first-order valence-electron chi connectivity index (χ1n) is 2.80. The highest BCUT2D eigenvalue weighted by Crippen LogP contribution is 1.89. The fraction of sp³-hybridized carbons (Fsp3) is 0.250. The molecule has 0 heterocycles. The molecule has 0 aliphatic carbocycles. The van der Waals surface area contributed by atoms with Crippen LogP contribution in [0.4, 0.5) is 0 Å². The molecular formula is C8H12. The molecule has 0 rings (SSSR count). The Morgan fingerprint density at radius 1 is 1.12 bits per heavy atom. The number of rotatable bonds is 4. The van der Waals surface area contributed by atoms with Gasteiger partial charge in [0.05, 0.1) is 0 Å². The summed E-state index contributed by atoms with van der Waals surface area (Å²) in [4.78, 5) is 0. The summed E-state index contributed by atoms with van der Waals surface area (Å²) in [5, 5.41) is 0. The molecule has 0 saturated heterocycles. The third-order valence-corrected chi connectivity index (χ3v) is 0.810. The van der Waals surface area contributed by atoms with Crippen LogP contribution in [0.3, 0.4) is 0 Å². The average Bonchev–Trinajstić information content (AvgIpc) is 1.81. The van der Waals surface area contributed by atoms with Crippen LogP contribution in [0.15, 0.2) is 37.5 Å². The minimum atomic E-state index is 1.06. The zero-order valence-electron chi connectivity index (χ0n) is 5.14. The average molecular weight is 108 g/mol. The van der Waals surface area contributed by atoms with Crippen molar-refractivity contribution in [3.63, 3.8) is 0 Å². The van der Waals surface area contributed by atoms with Gasteiger partial charge < -0.3 is 0 Å². The van der Waals surface area contributed by atoms with Crippen molar-refractivity contribution in [1.82, 2.24) is 0 Å². The summed E-state index contributed by atoms with van der Waals surface area (Å²) in [6, 6.07) is 0. The highest BCUT2D eigenvalue weighted by molar-refractivity contribution is 4.97. The van der Waals surface area contributed by atoms with E-state index < -0.39 is 0 Å². The van der Waals surface area contributed by atoms with E-state index in [0.29, 0.717) is 0 Å². The van der Waals surface area contributed by atoms with E-state index in [-0.39, 0.29) is 0 Å². The van der Waals surface area contributed by atoms with E-state index in [1.807, 2.05) is 12.2 Å². The highest BCUT2D eigenvalue weighted by atomic mass is 13.8. The zero-order chi connectivity index (χ0) is 6.24. The molecule has 0 aromatic rings. The Kier molecular flexibility index (Phi) is 5.61. The van der Waals surface area contributed by atoms with Crippen LogP contribution in [0.5, 0.6) is 0 Å². The third-order valence-electron chi connectivity index (χ3n) is 0.810. The quantitative estimate of drug-likeness (QED) is 0.295. The molecule has 44 valence electrons. The highest BCUT2D eigenvalue weighted by Gasteiger charge is 1.69. The second kappa shape index (κ2) is 6.22. The van der Waals surface area contributed by atoms with Gasteiger partial charge in [0.1, 0.15) is 0 Å². The minimum Gasteiger partial charge on any atom is -0.103 e. The Bertz CT molecular complexity index is 88.2. The van der Waals surface area contributed by atoms with Crippen LogP contribution >= 0.6 is 0 Å². The topological polar surface area (TPSA) is 0 Å². The first-order valence-corrected chi connectivity index (χ1v) is 2.80. The molecule has 8 heavy (non-hydrogen) atoms. The van der Waals surface area contributed by atoms with Crippen molar-refractivity contribution in [1.29, 1.82) is 0 Å². The van der Waals surface area contributed by atoms with Crippen LogP contribution in [0, 0.1) is 0 Å². The van der Waals surface area contributed by atoms with E-state index in [1.165, 1.54) is 0 Å².